The molecule has 0 fully saturated rings. The molecule has 0 radical (unpaired) electrons. The van der Waals surface area contributed by atoms with E-state index in [0.29, 0.717) is 8.96 Å². The smallest absolute Gasteiger partial charge is 0.334 e. The molecule has 0 spiro atoms. The molecule has 1 heterocycles. The molecule has 66 valence electrons. The summed E-state index contributed by atoms with van der Waals surface area (Å²) in [4.78, 5) is 14.9. The Labute approximate surface area is 77.5 Å². The van der Waals surface area contributed by atoms with Gasteiger partial charge in [0, 0.05) is 0 Å². The van der Waals surface area contributed by atoms with Gasteiger partial charge in [0.2, 0.25) is 0 Å². The van der Waals surface area contributed by atoms with Crippen LogP contribution in [0.1, 0.15) is 17.8 Å². The second kappa shape index (κ2) is 3.74. The van der Waals surface area contributed by atoms with Gasteiger partial charge in [-0.2, -0.15) is 11.0 Å². The van der Waals surface area contributed by atoms with Crippen molar-refractivity contribution in [3.63, 3.8) is 0 Å². The number of nitrogens with zero attached hydrogens (tertiary/aromatic N) is 1. The zero-order chi connectivity index (χ0) is 9.14. The van der Waals surface area contributed by atoms with Crippen LogP contribution < -0.4 is 5.90 Å². The maximum absolute atomic E-state index is 10.9. The average Bonchev–Trinajstić information content (AvgIpc) is 2.49. The largest absolute Gasteiger partial charge is 0.373 e. The Balaban J connectivity index is 2.84. The van der Waals surface area contributed by atoms with Crippen LogP contribution in [0.15, 0.2) is 0 Å². The summed E-state index contributed by atoms with van der Waals surface area (Å²) in [7, 11) is 0. The molecule has 3 N–H and O–H groups in total. The molecule has 0 aliphatic rings. The van der Waals surface area contributed by atoms with Crippen molar-refractivity contribution < 1.29 is 9.63 Å². The monoisotopic (exact) mass is 205 g/mol. The van der Waals surface area contributed by atoms with Gasteiger partial charge < -0.3 is 4.84 Å². The van der Waals surface area contributed by atoms with E-state index in [0.717, 1.165) is 0 Å². The Morgan fingerprint density at radius 1 is 1.92 bits per heavy atom. The fourth-order valence-corrected chi connectivity index (χ4v) is 1.58. The quantitative estimate of drug-likeness (QED) is 0.549. The predicted octanol–water partition coefficient (Wildman–Crippen LogP) is 0.721. The zero-order valence-electron chi connectivity index (χ0n) is 6.23. The van der Waals surface area contributed by atoms with E-state index < -0.39 is 11.9 Å². The van der Waals surface area contributed by atoms with Crippen LogP contribution in [0.25, 0.3) is 0 Å². The summed E-state index contributed by atoms with van der Waals surface area (Å²) in [5.41, 5.74) is 0. The summed E-state index contributed by atoms with van der Waals surface area (Å²) in [5, 5.41) is 6.96. The van der Waals surface area contributed by atoms with Crippen molar-refractivity contribution in [2.24, 2.45) is 5.90 Å². The van der Waals surface area contributed by atoms with Gasteiger partial charge in [-0.25, -0.2) is 4.79 Å². The predicted molar refractivity (Wildman–Crippen MR) is 46.0 cm³/mol. The summed E-state index contributed by atoms with van der Waals surface area (Å²) < 4.78 is 0.529. The standard InChI is InChI=1S/C5H7N3O2S2/c1-2(4(9)10-6)3-7-8-5(11)12-3/h2H,6H2,1H3,(H,8,11). The van der Waals surface area contributed by atoms with Gasteiger partial charge in [-0.1, -0.05) is 11.3 Å². The molecular formula is C5H7N3O2S2. The van der Waals surface area contributed by atoms with Crippen LogP contribution in [0.3, 0.4) is 0 Å². The zero-order valence-corrected chi connectivity index (χ0v) is 7.87. The summed E-state index contributed by atoms with van der Waals surface area (Å²) in [6, 6.07) is 0. The number of carbonyl (C=O) groups excluding carboxylic acids is 1. The molecule has 0 aromatic carbocycles. The molecule has 5 nitrogen and oxygen atoms in total. The molecule has 1 aromatic rings. The first-order valence-corrected chi connectivity index (χ1v) is 4.33. The molecule has 1 unspecified atom stereocenters. The van der Waals surface area contributed by atoms with E-state index in [1.807, 2.05) is 0 Å². The van der Waals surface area contributed by atoms with Crippen LogP contribution in [-0.4, -0.2) is 16.2 Å². The molecule has 0 aliphatic carbocycles. The molecule has 1 atom stereocenters. The first-order valence-electron chi connectivity index (χ1n) is 3.11. The number of rotatable bonds is 2. The first-order chi connectivity index (χ1) is 5.65. The van der Waals surface area contributed by atoms with Crippen molar-refractivity contribution in [2.75, 3.05) is 0 Å². The maximum Gasteiger partial charge on any atom is 0.334 e. The summed E-state index contributed by atoms with van der Waals surface area (Å²) in [6.07, 6.45) is 0. The Bertz CT molecular complexity index is 331. The minimum Gasteiger partial charge on any atom is -0.373 e. The third-order valence-electron chi connectivity index (χ3n) is 1.29. The highest BCUT2D eigenvalue weighted by molar-refractivity contribution is 7.73. The Hall–Kier alpha value is -0.790. The van der Waals surface area contributed by atoms with Gasteiger partial charge in [-0.05, 0) is 19.1 Å². The summed E-state index contributed by atoms with van der Waals surface area (Å²) in [5.74, 6) is 3.72. The van der Waals surface area contributed by atoms with Crippen molar-refractivity contribution >= 4 is 29.5 Å². The van der Waals surface area contributed by atoms with Crippen LogP contribution >= 0.6 is 23.6 Å². The van der Waals surface area contributed by atoms with Gasteiger partial charge in [0.05, 0.1) is 0 Å². The number of hydrogen-bond donors (Lipinski definition) is 2. The van der Waals surface area contributed by atoms with E-state index in [4.69, 9.17) is 18.1 Å². The van der Waals surface area contributed by atoms with Gasteiger partial charge in [0.25, 0.3) is 0 Å². The Kier molecular flexibility index (Phi) is 2.90. The minimum absolute atomic E-state index is 0.465. The van der Waals surface area contributed by atoms with Crippen molar-refractivity contribution in [2.45, 2.75) is 12.8 Å². The van der Waals surface area contributed by atoms with E-state index in [9.17, 15) is 4.79 Å². The van der Waals surface area contributed by atoms with Gasteiger partial charge in [0.1, 0.15) is 10.9 Å². The third kappa shape index (κ3) is 1.87. The second-order valence-electron chi connectivity index (χ2n) is 2.11. The van der Waals surface area contributed by atoms with Crippen molar-refractivity contribution in [3.05, 3.63) is 8.96 Å². The SMILES string of the molecule is CC(C(=O)ON)c1n[nH]c(=S)s1. The number of H-pyrrole nitrogens is 1. The lowest BCUT2D eigenvalue weighted by Crippen LogP contribution is -2.16. The van der Waals surface area contributed by atoms with Gasteiger partial charge in [0.15, 0.2) is 3.95 Å². The first kappa shape index (κ1) is 9.30. The number of aromatic amines is 1. The Morgan fingerprint density at radius 2 is 2.58 bits per heavy atom. The van der Waals surface area contributed by atoms with E-state index in [2.05, 4.69) is 15.0 Å². The number of carbonyl (C=O) groups is 1. The molecule has 12 heavy (non-hydrogen) atoms. The molecule has 1 aromatic heterocycles. The van der Waals surface area contributed by atoms with E-state index in [1.54, 1.807) is 6.92 Å². The molecule has 0 amide bonds. The van der Waals surface area contributed by atoms with Gasteiger partial charge in [-0.15, -0.1) is 0 Å². The van der Waals surface area contributed by atoms with E-state index >= 15 is 0 Å². The Morgan fingerprint density at radius 3 is 3.00 bits per heavy atom. The molecule has 0 saturated carbocycles. The number of nitrogens with two attached hydrogens (primary N) is 1. The van der Waals surface area contributed by atoms with E-state index in [-0.39, 0.29) is 0 Å². The summed E-state index contributed by atoms with van der Waals surface area (Å²) >= 11 is 6.02. The lowest BCUT2D eigenvalue weighted by atomic mass is 10.2. The highest BCUT2D eigenvalue weighted by Crippen LogP contribution is 2.17. The molecule has 7 heteroatoms. The third-order valence-corrected chi connectivity index (χ3v) is 2.57. The number of hydrogen-bond acceptors (Lipinski definition) is 6. The maximum atomic E-state index is 10.9. The fraction of sp³-hybridized carbons (Fsp3) is 0.400. The number of nitrogens with one attached hydrogen (secondary N) is 1. The lowest BCUT2D eigenvalue weighted by Gasteiger charge is -2.01. The molecular weight excluding hydrogens is 198 g/mol. The lowest BCUT2D eigenvalue weighted by molar-refractivity contribution is -0.145. The highest BCUT2D eigenvalue weighted by atomic mass is 32.1. The molecule has 1 rings (SSSR count). The van der Waals surface area contributed by atoms with Crippen molar-refractivity contribution in [1.82, 2.24) is 10.2 Å². The average molecular weight is 205 g/mol. The topological polar surface area (TPSA) is 81.0 Å². The van der Waals surface area contributed by atoms with Gasteiger partial charge >= 0.3 is 5.97 Å². The van der Waals surface area contributed by atoms with Crippen LogP contribution in [0.2, 0.25) is 0 Å². The van der Waals surface area contributed by atoms with Gasteiger partial charge in [-0.3, -0.25) is 5.10 Å². The van der Waals surface area contributed by atoms with Crippen LogP contribution in [0.5, 0.6) is 0 Å². The van der Waals surface area contributed by atoms with Crippen LogP contribution in [-0.2, 0) is 9.63 Å². The second-order valence-corrected chi connectivity index (χ2v) is 3.81. The number of aromatic nitrogens is 2. The van der Waals surface area contributed by atoms with Crippen LogP contribution in [0.4, 0.5) is 0 Å². The summed E-state index contributed by atoms with van der Waals surface area (Å²) in [6.45, 7) is 1.65. The normalized spacial score (nSPS) is 12.5. The molecule has 0 saturated heterocycles. The minimum atomic E-state index is -0.521. The molecule has 0 bridgehead atoms. The van der Waals surface area contributed by atoms with Crippen molar-refractivity contribution in [3.8, 4) is 0 Å². The van der Waals surface area contributed by atoms with E-state index in [1.165, 1.54) is 11.3 Å². The highest BCUT2D eigenvalue weighted by Gasteiger charge is 2.19. The van der Waals surface area contributed by atoms with Crippen molar-refractivity contribution in [1.29, 1.82) is 0 Å². The van der Waals surface area contributed by atoms with Crippen LogP contribution in [0, 0.1) is 3.95 Å². The molecule has 0 aliphatic heterocycles. The fourth-order valence-electron chi connectivity index (χ4n) is 0.629.